The van der Waals surface area contributed by atoms with Crippen LogP contribution in [0, 0.1) is 6.92 Å². The molecule has 0 unspecified atom stereocenters. The van der Waals surface area contributed by atoms with Crippen molar-refractivity contribution in [1.29, 1.82) is 0 Å². The van der Waals surface area contributed by atoms with Crippen LogP contribution in [0.3, 0.4) is 0 Å². The minimum atomic E-state index is -0.133. The predicted octanol–water partition coefficient (Wildman–Crippen LogP) is 4.61. The van der Waals surface area contributed by atoms with Crippen LogP contribution in [0.2, 0.25) is 0 Å². The molecule has 1 atom stereocenters. The van der Waals surface area contributed by atoms with Gasteiger partial charge in [0.1, 0.15) is 5.69 Å². The van der Waals surface area contributed by atoms with Gasteiger partial charge in [-0.1, -0.05) is 42.5 Å². The molecule has 1 aromatic carbocycles. The molecule has 3 heterocycles. The van der Waals surface area contributed by atoms with Crippen LogP contribution in [0.1, 0.15) is 46.6 Å². The van der Waals surface area contributed by atoms with Crippen LogP contribution in [-0.4, -0.2) is 63.3 Å². The number of rotatable bonds is 5. The molecule has 9 heteroatoms. The molecule has 1 fully saturated rings. The van der Waals surface area contributed by atoms with Crippen LogP contribution in [0.25, 0.3) is 16.2 Å². The molecule has 33 heavy (non-hydrogen) atoms. The number of carbonyl (C=O) groups excluding carboxylic acids is 1. The number of aryl methyl sites for hydroxylation is 1. The highest BCUT2D eigenvalue weighted by atomic mass is 32.1. The Morgan fingerprint density at radius 2 is 1.88 bits per heavy atom. The van der Waals surface area contributed by atoms with Crippen LogP contribution < -0.4 is 15.5 Å². The first-order valence-electron chi connectivity index (χ1n) is 11.7. The number of imidazole rings is 1. The van der Waals surface area contributed by atoms with Crippen LogP contribution in [0.4, 0.5) is 15.7 Å². The number of anilines is 2. The van der Waals surface area contributed by atoms with Gasteiger partial charge in [0.05, 0.1) is 0 Å². The topological polar surface area (TPSA) is 77.8 Å². The predicted molar refractivity (Wildman–Crippen MR) is 136 cm³/mol. The van der Waals surface area contributed by atoms with Crippen molar-refractivity contribution in [2.24, 2.45) is 0 Å². The highest BCUT2D eigenvalue weighted by Gasteiger charge is 2.27. The zero-order valence-corrected chi connectivity index (χ0v) is 21.3. The lowest BCUT2D eigenvalue weighted by atomic mass is 10.0. The van der Waals surface area contributed by atoms with Crippen molar-refractivity contribution in [3.05, 3.63) is 29.8 Å². The van der Waals surface area contributed by atoms with E-state index in [4.69, 9.17) is 10.1 Å². The molecule has 1 aliphatic heterocycles. The summed E-state index contributed by atoms with van der Waals surface area (Å²) in [5.41, 5.74) is 3.10. The molecule has 1 saturated heterocycles. The van der Waals surface area contributed by atoms with Crippen molar-refractivity contribution in [2.45, 2.75) is 59.5 Å². The summed E-state index contributed by atoms with van der Waals surface area (Å²) in [6.07, 6.45) is 0.931. The fourth-order valence-corrected chi connectivity index (χ4v) is 4.82. The number of piperazine rings is 1. The fourth-order valence-electron chi connectivity index (χ4n) is 3.86. The number of benzene rings is 1. The molecule has 3 aromatic rings. The average Bonchev–Trinajstić information content (AvgIpc) is 3.32. The maximum Gasteiger partial charge on any atom is 0.317 e. The summed E-state index contributed by atoms with van der Waals surface area (Å²) >= 11 is 1.60. The van der Waals surface area contributed by atoms with Gasteiger partial charge in [-0.2, -0.15) is 4.52 Å². The molecular weight excluding hydrogens is 434 g/mol. The Balaban J connectivity index is 1.58. The second kappa shape index (κ2) is 9.21. The Labute approximate surface area is 200 Å². The van der Waals surface area contributed by atoms with Gasteiger partial charge in [-0.3, -0.25) is 0 Å². The molecule has 0 aliphatic carbocycles. The van der Waals surface area contributed by atoms with E-state index >= 15 is 0 Å². The molecule has 0 radical (unpaired) electrons. The van der Waals surface area contributed by atoms with Crippen molar-refractivity contribution in [3.8, 4) is 11.3 Å². The number of hydrogen-bond acceptors (Lipinski definition) is 6. The summed E-state index contributed by atoms with van der Waals surface area (Å²) in [6, 6.07) is 8.54. The Hall–Kier alpha value is -2.81. The van der Waals surface area contributed by atoms with Crippen molar-refractivity contribution in [2.75, 3.05) is 36.4 Å². The lowest BCUT2D eigenvalue weighted by Crippen LogP contribution is -2.53. The molecule has 0 bridgehead atoms. The standard InChI is InChI=1S/C24H35N7OS/c1-7-17(3)25-21(32)29-12-14-30(15-13-29)23-28-31-20(27-24(4,5)6)19(26-22(31)33-23)18-11-9-8-10-16(18)2/h8-11,17,27H,7,12-15H2,1-6H3,(H,25,32)/t17-/m0/s1. The molecule has 1 aliphatic rings. The van der Waals surface area contributed by atoms with Crippen LogP contribution >= 0.6 is 11.3 Å². The van der Waals surface area contributed by atoms with E-state index in [-0.39, 0.29) is 17.6 Å². The van der Waals surface area contributed by atoms with Crippen molar-refractivity contribution in [1.82, 2.24) is 24.8 Å². The van der Waals surface area contributed by atoms with E-state index in [1.165, 1.54) is 5.56 Å². The Morgan fingerprint density at radius 3 is 2.52 bits per heavy atom. The van der Waals surface area contributed by atoms with E-state index in [1.54, 1.807) is 11.3 Å². The summed E-state index contributed by atoms with van der Waals surface area (Å²) in [5, 5.41) is 12.6. The summed E-state index contributed by atoms with van der Waals surface area (Å²) in [4.78, 5) is 22.4. The first-order chi connectivity index (χ1) is 15.7. The molecule has 0 spiro atoms. The SMILES string of the molecule is CC[C@H](C)NC(=O)N1CCN(c2nn3c(NC(C)(C)C)c(-c4ccccc4C)nc3s2)CC1. The van der Waals surface area contributed by atoms with Gasteiger partial charge >= 0.3 is 6.03 Å². The number of nitrogens with zero attached hydrogens (tertiary/aromatic N) is 5. The van der Waals surface area contributed by atoms with E-state index in [1.807, 2.05) is 28.5 Å². The van der Waals surface area contributed by atoms with Gasteiger partial charge in [-0.15, -0.1) is 5.10 Å². The normalized spacial score (nSPS) is 15.7. The largest absolute Gasteiger partial charge is 0.364 e. The Bertz CT molecular complexity index is 1120. The first kappa shape index (κ1) is 23.4. The number of aromatic nitrogens is 3. The van der Waals surface area contributed by atoms with Crippen molar-refractivity contribution >= 4 is 33.3 Å². The van der Waals surface area contributed by atoms with Gasteiger partial charge in [0, 0.05) is 43.3 Å². The number of hydrogen-bond donors (Lipinski definition) is 2. The van der Waals surface area contributed by atoms with Gasteiger partial charge in [0.15, 0.2) is 5.82 Å². The number of amides is 2. The number of urea groups is 1. The zero-order chi connectivity index (χ0) is 23.8. The van der Waals surface area contributed by atoms with Gasteiger partial charge in [-0.05, 0) is 46.6 Å². The average molecular weight is 470 g/mol. The fraction of sp³-hybridized carbons (Fsp3) is 0.542. The number of carbonyl (C=O) groups is 1. The second-order valence-electron chi connectivity index (χ2n) is 9.81. The Morgan fingerprint density at radius 1 is 1.18 bits per heavy atom. The van der Waals surface area contributed by atoms with Gasteiger partial charge in [0.2, 0.25) is 10.1 Å². The van der Waals surface area contributed by atoms with Crippen molar-refractivity contribution in [3.63, 3.8) is 0 Å². The van der Waals surface area contributed by atoms with E-state index in [9.17, 15) is 4.79 Å². The molecule has 178 valence electrons. The van der Waals surface area contributed by atoms with Gasteiger partial charge < -0.3 is 20.4 Å². The van der Waals surface area contributed by atoms with Crippen LogP contribution in [0.15, 0.2) is 24.3 Å². The summed E-state index contributed by atoms with van der Waals surface area (Å²) in [7, 11) is 0. The monoisotopic (exact) mass is 469 g/mol. The van der Waals surface area contributed by atoms with E-state index in [0.717, 1.165) is 46.7 Å². The lowest BCUT2D eigenvalue weighted by molar-refractivity contribution is 0.190. The quantitative estimate of drug-likeness (QED) is 0.571. The molecule has 2 aromatic heterocycles. The van der Waals surface area contributed by atoms with E-state index in [2.05, 4.69) is 62.3 Å². The Kier molecular flexibility index (Phi) is 6.52. The molecular formula is C24H35N7OS. The van der Waals surface area contributed by atoms with Crippen LogP contribution in [0.5, 0.6) is 0 Å². The third kappa shape index (κ3) is 5.08. The molecule has 2 amide bonds. The summed E-state index contributed by atoms with van der Waals surface area (Å²) in [5.74, 6) is 0.917. The highest BCUT2D eigenvalue weighted by Crippen LogP contribution is 2.36. The molecule has 2 N–H and O–H groups in total. The molecule has 0 saturated carbocycles. The third-order valence-electron chi connectivity index (χ3n) is 5.91. The zero-order valence-electron chi connectivity index (χ0n) is 20.5. The first-order valence-corrected chi connectivity index (χ1v) is 12.5. The second-order valence-corrected chi connectivity index (χ2v) is 10.7. The third-order valence-corrected chi connectivity index (χ3v) is 6.88. The number of fused-ring (bicyclic) bond motifs is 1. The summed E-state index contributed by atoms with van der Waals surface area (Å²) < 4.78 is 1.94. The molecule has 4 rings (SSSR count). The smallest absolute Gasteiger partial charge is 0.317 e. The van der Waals surface area contributed by atoms with Crippen molar-refractivity contribution < 1.29 is 4.79 Å². The molecule has 8 nitrogen and oxygen atoms in total. The van der Waals surface area contributed by atoms with Gasteiger partial charge in [-0.25, -0.2) is 9.78 Å². The van der Waals surface area contributed by atoms with E-state index in [0.29, 0.717) is 13.1 Å². The van der Waals surface area contributed by atoms with E-state index < -0.39 is 0 Å². The maximum absolute atomic E-state index is 12.4. The maximum atomic E-state index is 12.4. The van der Waals surface area contributed by atoms with Crippen LogP contribution in [-0.2, 0) is 0 Å². The lowest BCUT2D eigenvalue weighted by Gasteiger charge is -2.34. The highest BCUT2D eigenvalue weighted by molar-refractivity contribution is 7.20. The summed E-state index contributed by atoms with van der Waals surface area (Å²) in [6.45, 7) is 15.6. The minimum absolute atomic E-state index is 0.0254. The number of nitrogens with one attached hydrogen (secondary N) is 2. The van der Waals surface area contributed by atoms with Gasteiger partial charge in [0.25, 0.3) is 0 Å². The minimum Gasteiger partial charge on any atom is -0.364 e.